The monoisotopic (exact) mass is 338 g/mol. The lowest BCUT2D eigenvalue weighted by atomic mass is 9.93. The van der Waals surface area contributed by atoms with Crippen molar-refractivity contribution < 1.29 is 9.53 Å². The van der Waals surface area contributed by atoms with Gasteiger partial charge in [0, 0.05) is 24.9 Å². The van der Waals surface area contributed by atoms with Gasteiger partial charge in [-0.2, -0.15) is 0 Å². The Kier molecular flexibility index (Phi) is 6.20. The predicted octanol–water partition coefficient (Wildman–Crippen LogP) is 3.77. The highest BCUT2D eigenvalue weighted by Crippen LogP contribution is 2.27. The number of carbonyl (C=O) groups is 1. The second kappa shape index (κ2) is 8.79. The molecule has 25 heavy (non-hydrogen) atoms. The van der Waals surface area contributed by atoms with Gasteiger partial charge in [0.05, 0.1) is 6.04 Å². The molecular formula is C21H26N2O2. The highest BCUT2D eigenvalue weighted by atomic mass is 16.5. The lowest BCUT2D eigenvalue weighted by Gasteiger charge is -2.25. The van der Waals surface area contributed by atoms with Crippen LogP contribution in [0.15, 0.2) is 60.7 Å². The van der Waals surface area contributed by atoms with Gasteiger partial charge in [0.25, 0.3) is 0 Å². The van der Waals surface area contributed by atoms with Crippen molar-refractivity contribution in [2.75, 3.05) is 18.5 Å². The van der Waals surface area contributed by atoms with Gasteiger partial charge in [0.1, 0.15) is 0 Å². The van der Waals surface area contributed by atoms with E-state index in [1.807, 2.05) is 55.5 Å². The summed E-state index contributed by atoms with van der Waals surface area (Å²) in [5.74, 6) is 0.525. The van der Waals surface area contributed by atoms with Gasteiger partial charge in [-0.3, -0.25) is 10.1 Å². The lowest BCUT2D eigenvalue weighted by Crippen LogP contribution is -2.40. The lowest BCUT2D eigenvalue weighted by molar-refractivity contribution is -0.118. The Morgan fingerprint density at radius 1 is 1.12 bits per heavy atom. The van der Waals surface area contributed by atoms with Crippen molar-refractivity contribution in [3.8, 4) is 0 Å². The summed E-state index contributed by atoms with van der Waals surface area (Å²) in [6.07, 6.45) is 2.07. The zero-order chi connectivity index (χ0) is 17.5. The summed E-state index contributed by atoms with van der Waals surface area (Å²) in [6.45, 7) is 3.57. The molecule has 1 fully saturated rings. The van der Waals surface area contributed by atoms with Crippen molar-refractivity contribution in [3.05, 3.63) is 66.2 Å². The zero-order valence-corrected chi connectivity index (χ0v) is 14.7. The highest BCUT2D eigenvalue weighted by Gasteiger charge is 2.24. The van der Waals surface area contributed by atoms with Crippen LogP contribution in [0.2, 0.25) is 0 Å². The quantitative estimate of drug-likeness (QED) is 0.808. The van der Waals surface area contributed by atoms with Crippen LogP contribution < -0.4 is 10.6 Å². The van der Waals surface area contributed by atoms with Gasteiger partial charge in [0.2, 0.25) is 5.91 Å². The van der Waals surface area contributed by atoms with Crippen LogP contribution in [0.25, 0.3) is 0 Å². The number of nitrogens with one attached hydrogen (secondary N) is 2. The number of hydrogen-bond acceptors (Lipinski definition) is 3. The molecule has 1 amide bonds. The summed E-state index contributed by atoms with van der Waals surface area (Å²) < 4.78 is 5.52. The summed E-state index contributed by atoms with van der Waals surface area (Å²) >= 11 is 0. The Labute approximate surface area is 149 Å². The molecule has 1 aliphatic rings. The molecular weight excluding hydrogens is 312 g/mol. The maximum Gasteiger partial charge on any atom is 0.241 e. The van der Waals surface area contributed by atoms with Crippen molar-refractivity contribution >= 4 is 11.6 Å². The first-order valence-electron chi connectivity index (χ1n) is 8.97. The van der Waals surface area contributed by atoms with Gasteiger partial charge in [-0.1, -0.05) is 48.5 Å². The van der Waals surface area contributed by atoms with Crippen molar-refractivity contribution in [3.63, 3.8) is 0 Å². The summed E-state index contributed by atoms with van der Waals surface area (Å²) in [5, 5.41) is 6.48. The molecule has 0 unspecified atom stereocenters. The molecule has 1 heterocycles. The average molecular weight is 338 g/mol. The number of carbonyl (C=O) groups excluding carboxylic acids is 1. The second-order valence-corrected chi connectivity index (χ2v) is 6.67. The summed E-state index contributed by atoms with van der Waals surface area (Å²) in [7, 11) is 0. The van der Waals surface area contributed by atoms with Gasteiger partial charge in [0.15, 0.2) is 0 Å². The van der Waals surface area contributed by atoms with E-state index in [-0.39, 0.29) is 18.0 Å². The third-order valence-electron chi connectivity index (χ3n) is 4.68. The molecule has 0 bridgehead atoms. The Morgan fingerprint density at radius 3 is 2.44 bits per heavy atom. The van der Waals surface area contributed by atoms with Crippen LogP contribution in [-0.2, 0) is 9.53 Å². The number of hydrogen-bond donors (Lipinski definition) is 2. The molecule has 2 aromatic carbocycles. The minimum absolute atomic E-state index is 0.0187. The summed E-state index contributed by atoms with van der Waals surface area (Å²) in [4.78, 5) is 12.5. The topological polar surface area (TPSA) is 50.4 Å². The minimum atomic E-state index is -0.285. The first kappa shape index (κ1) is 17.6. The van der Waals surface area contributed by atoms with Crippen LogP contribution in [0.3, 0.4) is 0 Å². The van der Waals surface area contributed by atoms with Crippen LogP contribution in [-0.4, -0.2) is 25.2 Å². The molecule has 0 saturated carbocycles. The fraction of sp³-hybridized carbons (Fsp3) is 0.381. The van der Waals surface area contributed by atoms with E-state index in [0.29, 0.717) is 5.92 Å². The molecule has 2 aromatic rings. The molecule has 2 N–H and O–H groups in total. The second-order valence-electron chi connectivity index (χ2n) is 6.67. The maximum absolute atomic E-state index is 12.5. The Hall–Kier alpha value is -2.17. The summed E-state index contributed by atoms with van der Waals surface area (Å²) in [6, 6.07) is 19.8. The van der Waals surface area contributed by atoms with E-state index in [2.05, 4.69) is 22.8 Å². The molecule has 3 rings (SSSR count). The maximum atomic E-state index is 12.5. The van der Waals surface area contributed by atoms with Crippen LogP contribution in [0.1, 0.15) is 31.4 Å². The van der Waals surface area contributed by atoms with Gasteiger partial charge in [-0.05, 0) is 43.4 Å². The third kappa shape index (κ3) is 5.15. The summed E-state index contributed by atoms with van der Waals surface area (Å²) in [5.41, 5.74) is 2.04. The van der Waals surface area contributed by atoms with Crippen LogP contribution in [0, 0.1) is 5.92 Å². The predicted molar refractivity (Wildman–Crippen MR) is 100 cm³/mol. The largest absolute Gasteiger partial charge is 0.381 e. The number of rotatable bonds is 7. The Morgan fingerprint density at radius 2 is 1.80 bits per heavy atom. The molecule has 0 aliphatic carbocycles. The van der Waals surface area contributed by atoms with Crippen molar-refractivity contribution in [1.82, 2.24) is 5.32 Å². The van der Waals surface area contributed by atoms with E-state index in [1.54, 1.807) is 0 Å². The van der Waals surface area contributed by atoms with Gasteiger partial charge >= 0.3 is 0 Å². The smallest absolute Gasteiger partial charge is 0.241 e. The van der Waals surface area contributed by atoms with E-state index >= 15 is 0 Å². The fourth-order valence-corrected chi connectivity index (χ4v) is 3.24. The van der Waals surface area contributed by atoms with E-state index in [4.69, 9.17) is 4.74 Å². The molecule has 0 spiro atoms. The molecule has 0 aromatic heterocycles. The fourth-order valence-electron chi connectivity index (χ4n) is 3.24. The molecule has 1 aliphatic heterocycles. The number of benzene rings is 2. The minimum Gasteiger partial charge on any atom is -0.381 e. The van der Waals surface area contributed by atoms with Crippen LogP contribution >= 0.6 is 0 Å². The normalized spacial score (nSPS) is 19.3. The standard InChI is InChI=1S/C21H26N2O2/c1-16(21(24)23-19-10-6-3-7-11-19)22-20(14-17-12-13-25-15-17)18-8-4-2-5-9-18/h2-11,16-17,20,22H,12-15H2,1H3,(H,23,24)/t16-,17+,20+/m0/s1. The SMILES string of the molecule is C[C@H](N[C@H](C[C@H]1CCOC1)c1ccccc1)C(=O)Nc1ccccc1. The number of ether oxygens (including phenoxy) is 1. The highest BCUT2D eigenvalue weighted by molar-refractivity contribution is 5.94. The number of para-hydroxylation sites is 1. The number of anilines is 1. The van der Waals surface area contributed by atoms with Gasteiger partial charge < -0.3 is 10.1 Å². The van der Waals surface area contributed by atoms with E-state index < -0.39 is 0 Å². The first-order valence-corrected chi connectivity index (χ1v) is 8.97. The molecule has 4 heteroatoms. The van der Waals surface area contributed by atoms with Crippen LogP contribution in [0.4, 0.5) is 5.69 Å². The Bertz CT molecular complexity index is 654. The average Bonchev–Trinajstić information content (AvgIpc) is 3.16. The van der Waals surface area contributed by atoms with Gasteiger partial charge in [-0.15, -0.1) is 0 Å². The van der Waals surface area contributed by atoms with E-state index in [1.165, 1.54) is 5.56 Å². The molecule has 132 valence electrons. The molecule has 0 radical (unpaired) electrons. The Balaban J connectivity index is 1.65. The zero-order valence-electron chi connectivity index (χ0n) is 14.7. The van der Waals surface area contributed by atoms with E-state index in [0.717, 1.165) is 31.7 Å². The van der Waals surface area contributed by atoms with Gasteiger partial charge in [-0.25, -0.2) is 0 Å². The molecule has 1 saturated heterocycles. The molecule has 4 nitrogen and oxygen atoms in total. The van der Waals surface area contributed by atoms with E-state index in [9.17, 15) is 4.79 Å². The molecule has 3 atom stereocenters. The van der Waals surface area contributed by atoms with Crippen molar-refractivity contribution in [1.29, 1.82) is 0 Å². The van der Waals surface area contributed by atoms with Crippen LogP contribution in [0.5, 0.6) is 0 Å². The number of amides is 1. The van der Waals surface area contributed by atoms with Crippen molar-refractivity contribution in [2.45, 2.75) is 31.8 Å². The third-order valence-corrected chi connectivity index (χ3v) is 4.68. The first-order chi connectivity index (χ1) is 12.2. The van der Waals surface area contributed by atoms with Crippen molar-refractivity contribution in [2.24, 2.45) is 5.92 Å².